The Hall–Kier alpha value is -1.63. The van der Waals surface area contributed by atoms with Gasteiger partial charge in [0.1, 0.15) is 7.05 Å². The topological polar surface area (TPSA) is 3.88 Å². The molecule has 0 N–H and O–H groups in total. The minimum absolute atomic E-state index is 0.121. The van der Waals surface area contributed by atoms with Crippen molar-refractivity contribution in [3.05, 3.63) is 53.2 Å². The molecular formula is C26H38N+. The van der Waals surface area contributed by atoms with Gasteiger partial charge in [0.15, 0.2) is 6.20 Å². The molecule has 1 aliphatic carbocycles. The second-order valence-corrected chi connectivity index (χ2v) is 10.4. The summed E-state index contributed by atoms with van der Waals surface area (Å²) in [5.74, 6) is 0. The van der Waals surface area contributed by atoms with Crippen molar-refractivity contribution in [2.45, 2.75) is 84.9 Å². The largest absolute Gasteiger partial charge is 0.212 e. The molecule has 0 bridgehead atoms. The van der Waals surface area contributed by atoms with Gasteiger partial charge in [-0.15, -0.1) is 0 Å². The quantitative estimate of drug-likeness (QED) is 0.524. The van der Waals surface area contributed by atoms with Gasteiger partial charge in [0.25, 0.3) is 0 Å². The van der Waals surface area contributed by atoms with E-state index >= 15 is 0 Å². The number of hydrogen-bond donors (Lipinski definition) is 0. The molecule has 0 aliphatic heterocycles. The number of pyridine rings is 1. The van der Waals surface area contributed by atoms with Gasteiger partial charge in [0, 0.05) is 21.3 Å². The van der Waals surface area contributed by atoms with Crippen LogP contribution in [0.2, 0.25) is 0 Å². The number of benzene rings is 1. The Morgan fingerprint density at radius 1 is 1.00 bits per heavy atom. The van der Waals surface area contributed by atoms with E-state index in [4.69, 9.17) is 4.11 Å². The van der Waals surface area contributed by atoms with Crippen LogP contribution in [-0.2, 0) is 17.9 Å². The number of rotatable bonds is 2. The maximum atomic E-state index is 8.37. The maximum absolute atomic E-state index is 8.37. The Labute approximate surface area is 171 Å². The Morgan fingerprint density at radius 3 is 2.19 bits per heavy atom. The van der Waals surface area contributed by atoms with Gasteiger partial charge in [-0.25, -0.2) is 4.57 Å². The highest BCUT2D eigenvalue weighted by molar-refractivity contribution is 5.62. The standard InChI is InChI=1S/C26H38N/c1-19-17-20(24(2,3)4)9-11-22(19)23-12-10-21(18-27(23)8)26(7)15-13-25(5,6)14-16-26/h9-12,17-18H,13-16H2,1-8H3/q+1/i7D3. The molecule has 0 spiro atoms. The molecule has 3 rings (SSSR count). The molecule has 27 heavy (non-hydrogen) atoms. The molecule has 0 unspecified atom stereocenters. The molecule has 1 saturated carbocycles. The van der Waals surface area contributed by atoms with Gasteiger partial charge in [-0.1, -0.05) is 53.6 Å². The minimum Gasteiger partial charge on any atom is -0.201 e. The number of aromatic nitrogens is 1. The molecule has 0 saturated heterocycles. The third kappa shape index (κ3) is 4.13. The molecule has 1 aromatic heterocycles. The molecule has 0 radical (unpaired) electrons. The van der Waals surface area contributed by atoms with Gasteiger partial charge in [0.2, 0.25) is 5.69 Å². The summed E-state index contributed by atoms with van der Waals surface area (Å²) in [4.78, 5) is 0. The van der Waals surface area contributed by atoms with E-state index in [9.17, 15) is 0 Å². The van der Waals surface area contributed by atoms with Crippen LogP contribution in [0, 0.1) is 12.3 Å². The summed E-state index contributed by atoms with van der Waals surface area (Å²) < 4.78 is 27.2. The molecule has 146 valence electrons. The highest BCUT2D eigenvalue weighted by Gasteiger charge is 2.37. The lowest BCUT2D eigenvalue weighted by Gasteiger charge is -2.41. The lowest BCUT2D eigenvalue weighted by molar-refractivity contribution is -0.661. The van der Waals surface area contributed by atoms with Crippen LogP contribution in [0.5, 0.6) is 0 Å². The van der Waals surface area contributed by atoms with Crippen LogP contribution in [0.4, 0.5) is 0 Å². The van der Waals surface area contributed by atoms with E-state index in [0.717, 1.165) is 36.9 Å². The first-order valence-corrected chi connectivity index (χ1v) is 10.3. The predicted octanol–water partition coefficient (Wildman–Crippen LogP) is 6.64. The molecule has 1 fully saturated rings. The fourth-order valence-corrected chi connectivity index (χ4v) is 4.23. The number of hydrogen-bond acceptors (Lipinski definition) is 0. The first-order valence-electron chi connectivity index (χ1n) is 11.8. The number of nitrogens with zero attached hydrogens (tertiary/aromatic N) is 1. The van der Waals surface area contributed by atoms with Gasteiger partial charge in [0.05, 0.1) is 0 Å². The number of aryl methyl sites for hydroxylation is 2. The first-order chi connectivity index (χ1) is 13.7. The van der Waals surface area contributed by atoms with E-state index in [1.165, 1.54) is 16.7 Å². The summed E-state index contributed by atoms with van der Waals surface area (Å²) in [6.45, 7) is 11.4. The lowest BCUT2D eigenvalue weighted by atomic mass is 9.63. The van der Waals surface area contributed by atoms with Crippen LogP contribution in [-0.4, -0.2) is 0 Å². The zero-order valence-corrected chi connectivity index (χ0v) is 18.2. The molecule has 1 heterocycles. The van der Waals surface area contributed by atoms with E-state index in [-0.39, 0.29) is 10.8 Å². The van der Waals surface area contributed by atoms with Crippen molar-refractivity contribution in [3.8, 4) is 11.3 Å². The summed E-state index contributed by atoms with van der Waals surface area (Å²) in [6.07, 6.45) is 5.40. The van der Waals surface area contributed by atoms with Crippen molar-refractivity contribution in [2.75, 3.05) is 0 Å². The van der Waals surface area contributed by atoms with Gasteiger partial charge in [-0.2, -0.15) is 0 Å². The summed E-state index contributed by atoms with van der Waals surface area (Å²) in [5, 5.41) is 0. The van der Waals surface area contributed by atoms with Crippen LogP contribution in [0.3, 0.4) is 0 Å². The maximum Gasteiger partial charge on any atom is 0.212 e. The average Bonchev–Trinajstić information content (AvgIpc) is 2.60. The summed E-state index contributed by atoms with van der Waals surface area (Å²) >= 11 is 0. The summed E-state index contributed by atoms with van der Waals surface area (Å²) in [7, 11) is 2.04. The van der Waals surface area contributed by atoms with E-state index < -0.39 is 12.3 Å². The predicted molar refractivity (Wildman–Crippen MR) is 116 cm³/mol. The Balaban J connectivity index is 2.03. The molecule has 1 nitrogen and oxygen atoms in total. The smallest absolute Gasteiger partial charge is 0.201 e. The van der Waals surface area contributed by atoms with E-state index in [1.54, 1.807) is 0 Å². The van der Waals surface area contributed by atoms with Gasteiger partial charge in [-0.05, 0) is 72.1 Å². The molecule has 0 atom stereocenters. The molecular weight excluding hydrogens is 326 g/mol. The van der Waals surface area contributed by atoms with Crippen molar-refractivity contribution in [2.24, 2.45) is 12.5 Å². The Morgan fingerprint density at radius 2 is 1.67 bits per heavy atom. The van der Waals surface area contributed by atoms with Crippen LogP contribution in [0.1, 0.15) is 88.0 Å². The van der Waals surface area contributed by atoms with Crippen molar-refractivity contribution >= 4 is 0 Å². The van der Waals surface area contributed by atoms with Crippen molar-refractivity contribution in [1.29, 1.82) is 0 Å². The fraction of sp³-hybridized carbons (Fsp3) is 0.577. The Bertz CT molecular complexity index is 922. The summed E-state index contributed by atoms with van der Waals surface area (Å²) in [5.41, 5.74) is 5.44. The summed E-state index contributed by atoms with van der Waals surface area (Å²) in [6, 6.07) is 10.9. The SMILES string of the molecule is [2H]C([2H])([2H])C1(c2ccc(-c3ccc(C(C)(C)C)cc3C)[n+](C)c2)CCC(C)(C)CC1. The van der Waals surface area contributed by atoms with Gasteiger partial charge in [-0.3, -0.25) is 0 Å². The third-order valence-corrected chi connectivity index (χ3v) is 6.51. The van der Waals surface area contributed by atoms with Crippen molar-refractivity contribution in [1.82, 2.24) is 0 Å². The van der Waals surface area contributed by atoms with Gasteiger partial charge >= 0.3 is 0 Å². The lowest BCUT2D eigenvalue weighted by Crippen LogP contribution is -2.37. The molecule has 0 amide bonds. The molecule has 1 heteroatoms. The highest BCUT2D eigenvalue weighted by Crippen LogP contribution is 2.46. The average molecular weight is 368 g/mol. The first kappa shape index (κ1) is 16.3. The monoisotopic (exact) mass is 367 g/mol. The van der Waals surface area contributed by atoms with Crippen molar-refractivity contribution in [3.63, 3.8) is 0 Å². The molecule has 2 aromatic rings. The van der Waals surface area contributed by atoms with Crippen molar-refractivity contribution < 1.29 is 8.68 Å². The third-order valence-electron chi connectivity index (χ3n) is 6.51. The zero-order valence-electron chi connectivity index (χ0n) is 21.2. The zero-order chi connectivity index (χ0) is 22.5. The van der Waals surface area contributed by atoms with Crippen LogP contribution < -0.4 is 4.57 Å². The highest BCUT2D eigenvalue weighted by atomic mass is 14.9. The van der Waals surface area contributed by atoms with E-state index in [2.05, 4.69) is 82.6 Å². The van der Waals surface area contributed by atoms with Crippen LogP contribution in [0.25, 0.3) is 11.3 Å². The molecule has 1 aromatic carbocycles. The van der Waals surface area contributed by atoms with Crippen LogP contribution in [0.15, 0.2) is 36.5 Å². The van der Waals surface area contributed by atoms with E-state index in [1.807, 2.05) is 7.05 Å². The minimum atomic E-state index is -2.00. The van der Waals surface area contributed by atoms with Gasteiger partial charge < -0.3 is 0 Å². The fourth-order valence-electron chi connectivity index (χ4n) is 4.23. The van der Waals surface area contributed by atoms with E-state index in [0.29, 0.717) is 0 Å². The van der Waals surface area contributed by atoms with Crippen LogP contribution >= 0.6 is 0 Å². The molecule has 1 aliphatic rings. The second-order valence-electron chi connectivity index (χ2n) is 10.4. The Kier molecular flexibility index (Phi) is 4.09. The second kappa shape index (κ2) is 6.76. The normalized spacial score (nSPS) is 21.2.